The molecule has 3 aromatic heterocycles. The van der Waals surface area contributed by atoms with Crippen LogP contribution in [0.3, 0.4) is 0 Å². The van der Waals surface area contributed by atoms with Crippen molar-refractivity contribution in [3.8, 4) is 10.6 Å². The Morgan fingerprint density at radius 3 is 2.88 bits per heavy atom. The molecule has 8 nitrogen and oxygen atoms in total. The average Bonchev–Trinajstić information content (AvgIpc) is 3.09. The van der Waals surface area contributed by atoms with Gasteiger partial charge in [0.05, 0.1) is 21.8 Å². The third-order valence-corrected chi connectivity index (χ3v) is 4.67. The van der Waals surface area contributed by atoms with E-state index in [0.717, 1.165) is 26.9 Å². The SMILES string of the molecule is Cc1nc(C)c(-c2cnc3ccc(NCCN(C)C(=O)O)nn23)s1. The Morgan fingerprint density at radius 2 is 2.21 bits per heavy atom. The molecule has 24 heavy (non-hydrogen) atoms. The van der Waals surface area contributed by atoms with Crippen molar-refractivity contribution in [3.63, 3.8) is 0 Å². The fourth-order valence-corrected chi connectivity index (χ4v) is 3.25. The summed E-state index contributed by atoms with van der Waals surface area (Å²) >= 11 is 1.61. The molecule has 1 amide bonds. The van der Waals surface area contributed by atoms with Crippen LogP contribution in [0.4, 0.5) is 10.6 Å². The normalized spacial score (nSPS) is 11.0. The number of imidazole rings is 1. The lowest BCUT2D eigenvalue weighted by Crippen LogP contribution is -2.30. The molecule has 0 fully saturated rings. The molecule has 0 saturated carbocycles. The molecule has 3 heterocycles. The number of hydrogen-bond acceptors (Lipinski definition) is 6. The Hall–Kier alpha value is -2.68. The molecule has 2 N–H and O–H groups in total. The molecule has 0 atom stereocenters. The average molecular weight is 346 g/mol. The second kappa shape index (κ2) is 6.44. The number of rotatable bonds is 5. The molecule has 0 aromatic carbocycles. The molecule has 0 aliphatic carbocycles. The van der Waals surface area contributed by atoms with E-state index in [1.165, 1.54) is 11.9 Å². The highest BCUT2D eigenvalue weighted by Gasteiger charge is 2.14. The second-order valence-corrected chi connectivity index (χ2v) is 6.61. The maximum absolute atomic E-state index is 10.8. The van der Waals surface area contributed by atoms with Crippen LogP contribution in [0.2, 0.25) is 0 Å². The van der Waals surface area contributed by atoms with Crippen LogP contribution in [0.15, 0.2) is 18.3 Å². The lowest BCUT2D eigenvalue weighted by Gasteiger charge is -2.13. The van der Waals surface area contributed by atoms with Gasteiger partial charge in [0.1, 0.15) is 11.5 Å². The Kier molecular flexibility index (Phi) is 4.34. The van der Waals surface area contributed by atoms with Crippen molar-refractivity contribution in [2.24, 2.45) is 0 Å². The van der Waals surface area contributed by atoms with Gasteiger partial charge in [-0.15, -0.1) is 16.4 Å². The Bertz CT molecular complexity index is 887. The van der Waals surface area contributed by atoms with Gasteiger partial charge in [0, 0.05) is 20.1 Å². The van der Waals surface area contributed by atoms with E-state index in [0.29, 0.717) is 18.9 Å². The summed E-state index contributed by atoms with van der Waals surface area (Å²) in [6.45, 7) is 4.80. The minimum absolute atomic E-state index is 0.374. The Labute approximate surface area is 142 Å². The first kappa shape index (κ1) is 16.2. The molecular formula is C15H18N6O2S. The molecule has 0 aliphatic rings. The van der Waals surface area contributed by atoms with Crippen LogP contribution in [0.5, 0.6) is 0 Å². The van der Waals surface area contributed by atoms with E-state index in [-0.39, 0.29) is 0 Å². The third kappa shape index (κ3) is 3.16. The summed E-state index contributed by atoms with van der Waals surface area (Å²) in [5, 5.41) is 17.5. The molecule has 0 bridgehead atoms. The molecule has 3 rings (SSSR count). The van der Waals surface area contributed by atoms with Gasteiger partial charge in [0.2, 0.25) is 0 Å². The lowest BCUT2D eigenvalue weighted by atomic mass is 10.3. The molecule has 126 valence electrons. The topological polar surface area (TPSA) is 95.7 Å². The first-order valence-electron chi connectivity index (χ1n) is 7.43. The number of hydrogen-bond donors (Lipinski definition) is 2. The standard InChI is InChI=1S/C15H18N6O2S/c1-9-14(24-10(2)18-9)11-8-17-13-5-4-12(19-21(11)13)16-6-7-20(3)15(22)23/h4-5,8H,6-7H2,1-3H3,(H,16,19)(H,22,23). The third-order valence-electron chi connectivity index (χ3n) is 3.58. The number of nitrogens with one attached hydrogen (secondary N) is 1. The number of nitrogens with zero attached hydrogens (tertiary/aromatic N) is 5. The smallest absolute Gasteiger partial charge is 0.407 e. The number of thiazole rings is 1. The summed E-state index contributed by atoms with van der Waals surface area (Å²) in [5.74, 6) is 0.666. The van der Waals surface area contributed by atoms with E-state index in [1.807, 2.05) is 26.0 Å². The molecular weight excluding hydrogens is 328 g/mol. The van der Waals surface area contributed by atoms with Gasteiger partial charge < -0.3 is 15.3 Å². The van der Waals surface area contributed by atoms with Crippen molar-refractivity contribution in [2.45, 2.75) is 13.8 Å². The highest BCUT2D eigenvalue weighted by molar-refractivity contribution is 7.15. The van der Waals surface area contributed by atoms with E-state index in [2.05, 4.69) is 20.4 Å². The van der Waals surface area contributed by atoms with Gasteiger partial charge in [-0.3, -0.25) is 0 Å². The molecule has 0 unspecified atom stereocenters. The van der Waals surface area contributed by atoms with Crippen molar-refractivity contribution >= 4 is 28.9 Å². The number of aryl methyl sites for hydroxylation is 2. The predicted molar refractivity (Wildman–Crippen MR) is 92.7 cm³/mol. The summed E-state index contributed by atoms with van der Waals surface area (Å²) in [4.78, 5) is 21.9. The van der Waals surface area contributed by atoms with Crippen LogP contribution >= 0.6 is 11.3 Å². The molecule has 0 radical (unpaired) electrons. The highest BCUT2D eigenvalue weighted by atomic mass is 32.1. The predicted octanol–water partition coefficient (Wildman–Crippen LogP) is 2.49. The zero-order valence-electron chi connectivity index (χ0n) is 13.6. The molecule has 9 heteroatoms. The first-order chi connectivity index (χ1) is 11.5. The zero-order chi connectivity index (χ0) is 17.3. The van der Waals surface area contributed by atoms with Gasteiger partial charge in [-0.25, -0.2) is 19.3 Å². The minimum Gasteiger partial charge on any atom is -0.465 e. The lowest BCUT2D eigenvalue weighted by molar-refractivity contribution is 0.157. The first-order valence-corrected chi connectivity index (χ1v) is 8.24. The Morgan fingerprint density at radius 1 is 1.42 bits per heavy atom. The number of aromatic nitrogens is 4. The second-order valence-electron chi connectivity index (χ2n) is 5.41. The van der Waals surface area contributed by atoms with Crippen LogP contribution in [0.25, 0.3) is 16.2 Å². The van der Waals surface area contributed by atoms with Crippen molar-refractivity contribution in [1.82, 2.24) is 24.5 Å². The zero-order valence-corrected chi connectivity index (χ0v) is 14.5. The van der Waals surface area contributed by atoms with Gasteiger partial charge in [0.25, 0.3) is 0 Å². The van der Waals surface area contributed by atoms with E-state index in [4.69, 9.17) is 5.11 Å². The number of carbonyl (C=O) groups is 1. The minimum atomic E-state index is -0.951. The fourth-order valence-electron chi connectivity index (χ4n) is 2.34. The van der Waals surface area contributed by atoms with E-state index in [1.54, 1.807) is 22.0 Å². The van der Waals surface area contributed by atoms with Crippen molar-refractivity contribution in [1.29, 1.82) is 0 Å². The molecule has 0 spiro atoms. The van der Waals surface area contributed by atoms with Gasteiger partial charge in [-0.05, 0) is 26.0 Å². The maximum Gasteiger partial charge on any atom is 0.407 e. The van der Waals surface area contributed by atoms with Gasteiger partial charge in [-0.2, -0.15) is 0 Å². The Balaban J connectivity index is 1.84. The molecule has 3 aromatic rings. The van der Waals surface area contributed by atoms with Crippen molar-refractivity contribution in [2.75, 3.05) is 25.5 Å². The molecule has 0 saturated heterocycles. The quantitative estimate of drug-likeness (QED) is 0.737. The number of likely N-dealkylation sites (N-methyl/N-ethyl adjacent to an activating group) is 1. The summed E-state index contributed by atoms with van der Waals surface area (Å²) in [5.41, 5.74) is 2.62. The van der Waals surface area contributed by atoms with Crippen LogP contribution < -0.4 is 5.32 Å². The summed E-state index contributed by atoms with van der Waals surface area (Å²) in [6, 6.07) is 3.71. The summed E-state index contributed by atoms with van der Waals surface area (Å²) in [7, 11) is 1.53. The number of carboxylic acid groups (broad SMARTS) is 1. The van der Waals surface area contributed by atoms with Gasteiger partial charge in [-0.1, -0.05) is 0 Å². The van der Waals surface area contributed by atoms with Gasteiger partial charge >= 0.3 is 6.09 Å². The van der Waals surface area contributed by atoms with E-state index in [9.17, 15) is 4.79 Å². The van der Waals surface area contributed by atoms with E-state index < -0.39 is 6.09 Å². The summed E-state index contributed by atoms with van der Waals surface area (Å²) in [6.07, 6.45) is 0.845. The summed E-state index contributed by atoms with van der Waals surface area (Å²) < 4.78 is 1.78. The monoisotopic (exact) mass is 346 g/mol. The number of fused-ring (bicyclic) bond motifs is 1. The van der Waals surface area contributed by atoms with Crippen LogP contribution in [-0.2, 0) is 0 Å². The largest absolute Gasteiger partial charge is 0.465 e. The molecule has 0 aliphatic heterocycles. The van der Waals surface area contributed by atoms with Crippen LogP contribution in [0, 0.1) is 13.8 Å². The number of anilines is 1. The van der Waals surface area contributed by atoms with Crippen LogP contribution in [-0.4, -0.2) is 55.8 Å². The maximum atomic E-state index is 10.8. The number of amides is 1. The van der Waals surface area contributed by atoms with Crippen molar-refractivity contribution in [3.05, 3.63) is 29.0 Å². The van der Waals surface area contributed by atoms with Crippen molar-refractivity contribution < 1.29 is 9.90 Å². The van der Waals surface area contributed by atoms with E-state index >= 15 is 0 Å². The van der Waals surface area contributed by atoms with Gasteiger partial charge in [0.15, 0.2) is 5.65 Å². The fraction of sp³-hybridized carbons (Fsp3) is 0.333. The highest BCUT2D eigenvalue weighted by Crippen LogP contribution is 2.29. The van der Waals surface area contributed by atoms with Crippen LogP contribution in [0.1, 0.15) is 10.7 Å².